The fourth-order valence-corrected chi connectivity index (χ4v) is 5.74. The summed E-state index contributed by atoms with van der Waals surface area (Å²) in [5.74, 6) is 2.12. The van der Waals surface area contributed by atoms with Crippen LogP contribution in [0.25, 0.3) is 0 Å². The van der Waals surface area contributed by atoms with E-state index in [0.29, 0.717) is 12.1 Å². The van der Waals surface area contributed by atoms with Crippen molar-refractivity contribution in [2.45, 2.75) is 119 Å². The normalized spacial score (nSPS) is 13.2. The third-order valence-corrected chi connectivity index (χ3v) is 8.45. The number of nitrogens with zero attached hydrogens (tertiary/aromatic N) is 2. The molecule has 226 valence electrons. The van der Waals surface area contributed by atoms with E-state index in [0.717, 1.165) is 37.8 Å². The minimum absolute atomic E-state index is 0.438. The van der Waals surface area contributed by atoms with Gasteiger partial charge in [-0.05, 0) is 103 Å². The molecule has 0 aliphatic heterocycles. The van der Waals surface area contributed by atoms with Crippen molar-refractivity contribution in [2.24, 2.45) is 0 Å². The number of aryl methyl sites for hydroxylation is 4. The van der Waals surface area contributed by atoms with Gasteiger partial charge in [0, 0.05) is 12.1 Å². The van der Waals surface area contributed by atoms with Crippen LogP contribution in [0.3, 0.4) is 0 Å². The quantitative estimate of drug-likeness (QED) is 0.144. The number of benzene rings is 2. The van der Waals surface area contributed by atoms with Gasteiger partial charge in [-0.3, -0.25) is 9.80 Å². The molecule has 2 rings (SSSR count). The predicted octanol–water partition coefficient (Wildman–Crippen LogP) is 8.92. The van der Waals surface area contributed by atoms with Crippen LogP contribution in [0.4, 0.5) is 0 Å². The van der Waals surface area contributed by atoms with Crippen molar-refractivity contribution in [2.75, 3.05) is 39.4 Å². The summed E-state index contributed by atoms with van der Waals surface area (Å²) in [5, 5.41) is 0. The summed E-state index contributed by atoms with van der Waals surface area (Å²) in [4.78, 5) is 5.14. The van der Waals surface area contributed by atoms with Gasteiger partial charge in [0.25, 0.3) is 0 Å². The van der Waals surface area contributed by atoms with Crippen LogP contribution >= 0.6 is 0 Å². The van der Waals surface area contributed by atoms with Crippen LogP contribution in [-0.4, -0.2) is 61.3 Å². The molecule has 0 spiro atoms. The molecule has 0 aliphatic carbocycles. The van der Waals surface area contributed by atoms with Crippen molar-refractivity contribution in [3.05, 3.63) is 58.7 Å². The third kappa shape index (κ3) is 11.8. The molecule has 0 aliphatic rings. The Kier molecular flexibility index (Phi) is 16.4. The second-order valence-corrected chi connectivity index (χ2v) is 11.8. The fourth-order valence-electron chi connectivity index (χ4n) is 5.74. The Morgan fingerprint density at radius 3 is 1.12 bits per heavy atom. The van der Waals surface area contributed by atoms with Gasteiger partial charge in [-0.1, -0.05) is 88.8 Å². The number of hydrogen-bond donors (Lipinski definition) is 0. The second-order valence-electron chi connectivity index (χ2n) is 11.8. The van der Waals surface area contributed by atoms with Gasteiger partial charge in [0.2, 0.25) is 0 Å². The Labute approximate surface area is 247 Å². The molecule has 4 nitrogen and oxygen atoms in total. The molecule has 2 atom stereocenters. The van der Waals surface area contributed by atoms with E-state index in [1.807, 2.05) is 0 Å². The van der Waals surface area contributed by atoms with Gasteiger partial charge in [0.1, 0.15) is 24.7 Å². The molecule has 0 aromatic heterocycles. The zero-order valence-electron chi connectivity index (χ0n) is 27.2. The van der Waals surface area contributed by atoms with Gasteiger partial charge in [-0.25, -0.2) is 0 Å². The molecule has 0 heterocycles. The summed E-state index contributed by atoms with van der Waals surface area (Å²) in [6.07, 6.45) is 10.7. The molecule has 0 bridgehead atoms. The predicted molar refractivity (Wildman–Crippen MR) is 173 cm³/mol. The molecule has 0 saturated carbocycles. The van der Waals surface area contributed by atoms with Crippen LogP contribution in [0, 0.1) is 27.7 Å². The lowest BCUT2D eigenvalue weighted by atomic mass is 10.1. The molecule has 0 N–H and O–H groups in total. The Morgan fingerprint density at radius 2 is 0.825 bits per heavy atom. The lowest BCUT2D eigenvalue weighted by Gasteiger charge is -2.28. The molecule has 2 unspecified atom stereocenters. The minimum atomic E-state index is 0.438. The Balaban J connectivity index is 1.52. The topological polar surface area (TPSA) is 24.9 Å². The molecule has 40 heavy (non-hydrogen) atoms. The minimum Gasteiger partial charge on any atom is -0.491 e. The van der Waals surface area contributed by atoms with Crippen LogP contribution in [0.15, 0.2) is 36.4 Å². The highest BCUT2D eigenvalue weighted by atomic mass is 16.5. The first-order chi connectivity index (χ1) is 19.3. The number of likely N-dealkylation sites (N-methyl/N-ethyl adjacent to an activating group) is 2. The Hall–Kier alpha value is -2.04. The van der Waals surface area contributed by atoms with Crippen LogP contribution in [0.5, 0.6) is 11.5 Å². The molecule has 2 aromatic carbocycles. The summed E-state index contributed by atoms with van der Waals surface area (Å²) in [7, 11) is 0. The summed E-state index contributed by atoms with van der Waals surface area (Å²) in [5.41, 5.74) is 4.91. The Morgan fingerprint density at radius 1 is 0.525 bits per heavy atom. The second kappa shape index (κ2) is 19.1. The summed E-state index contributed by atoms with van der Waals surface area (Å²) in [6, 6.07) is 13.6. The van der Waals surface area contributed by atoms with Crippen molar-refractivity contribution in [1.29, 1.82) is 0 Å². The van der Waals surface area contributed by atoms with E-state index in [-0.39, 0.29) is 0 Å². The lowest BCUT2D eigenvalue weighted by molar-refractivity contribution is 0.148. The first-order valence-corrected chi connectivity index (χ1v) is 16.1. The fraction of sp³-hybridized carbons (Fsp3) is 0.667. The third-order valence-electron chi connectivity index (χ3n) is 8.45. The number of hydrogen-bond acceptors (Lipinski definition) is 4. The van der Waals surface area contributed by atoms with Crippen molar-refractivity contribution >= 4 is 0 Å². The smallest absolute Gasteiger partial charge is 0.125 e. The Bertz CT molecular complexity index is 842. The maximum absolute atomic E-state index is 6.23. The maximum Gasteiger partial charge on any atom is 0.125 e. The highest BCUT2D eigenvalue weighted by Gasteiger charge is 2.15. The summed E-state index contributed by atoms with van der Waals surface area (Å²) in [6.45, 7) is 23.7. The van der Waals surface area contributed by atoms with E-state index < -0.39 is 0 Å². The van der Waals surface area contributed by atoms with E-state index in [9.17, 15) is 0 Å². The number of unbranched alkanes of at least 4 members (excludes halogenated alkanes) is 7. The van der Waals surface area contributed by atoms with Gasteiger partial charge in [-0.2, -0.15) is 0 Å². The van der Waals surface area contributed by atoms with E-state index in [1.165, 1.54) is 86.7 Å². The van der Waals surface area contributed by atoms with Crippen LogP contribution in [-0.2, 0) is 0 Å². The average molecular weight is 553 g/mol. The molecule has 4 heteroatoms. The van der Waals surface area contributed by atoms with E-state index in [2.05, 4.69) is 102 Å². The molecular formula is C36H60N2O2. The zero-order valence-corrected chi connectivity index (χ0v) is 27.2. The highest BCUT2D eigenvalue weighted by molar-refractivity contribution is 5.40. The van der Waals surface area contributed by atoms with Crippen molar-refractivity contribution in [1.82, 2.24) is 9.80 Å². The molecular weight excluding hydrogens is 492 g/mol. The molecule has 0 radical (unpaired) electrons. The molecule has 0 saturated heterocycles. The molecule has 2 aromatic rings. The van der Waals surface area contributed by atoms with E-state index in [4.69, 9.17) is 9.47 Å². The van der Waals surface area contributed by atoms with Gasteiger partial charge in [0.05, 0.1) is 0 Å². The average Bonchev–Trinajstić information content (AvgIpc) is 2.93. The largest absolute Gasteiger partial charge is 0.491 e. The van der Waals surface area contributed by atoms with Crippen LogP contribution in [0.2, 0.25) is 0 Å². The van der Waals surface area contributed by atoms with Crippen molar-refractivity contribution in [3.63, 3.8) is 0 Å². The van der Waals surface area contributed by atoms with Gasteiger partial charge >= 0.3 is 0 Å². The summed E-state index contributed by atoms with van der Waals surface area (Å²) < 4.78 is 12.5. The van der Waals surface area contributed by atoms with E-state index >= 15 is 0 Å². The number of para-hydroxylation sites is 2. The summed E-state index contributed by atoms with van der Waals surface area (Å²) >= 11 is 0. The van der Waals surface area contributed by atoms with Gasteiger partial charge in [-0.15, -0.1) is 0 Å². The zero-order chi connectivity index (χ0) is 29.3. The van der Waals surface area contributed by atoms with Crippen molar-refractivity contribution in [3.8, 4) is 11.5 Å². The standard InChI is InChI=1S/C36H60N2O2/c1-9-37(33(7)27-39-35-29(3)21-19-22-30(35)4)25-17-15-13-11-12-14-16-18-26-38(10-2)34(8)28-40-36-31(5)23-20-24-32(36)6/h19-24,33-34H,9-18,25-28H2,1-8H3. The van der Waals surface area contributed by atoms with Gasteiger partial charge in [0.15, 0.2) is 0 Å². The lowest BCUT2D eigenvalue weighted by Crippen LogP contribution is -2.38. The molecule has 0 fully saturated rings. The first-order valence-electron chi connectivity index (χ1n) is 16.1. The van der Waals surface area contributed by atoms with Crippen molar-refractivity contribution < 1.29 is 9.47 Å². The highest BCUT2D eigenvalue weighted by Crippen LogP contribution is 2.24. The number of rotatable bonds is 21. The maximum atomic E-state index is 6.23. The van der Waals surface area contributed by atoms with Crippen LogP contribution in [0.1, 0.15) is 101 Å². The van der Waals surface area contributed by atoms with E-state index in [1.54, 1.807) is 0 Å². The van der Waals surface area contributed by atoms with Crippen LogP contribution < -0.4 is 9.47 Å². The SMILES string of the molecule is CCN(CCCCCCCCCCN(CC)C(C)COc1c(C)cccc1C)C(C)COc1c(C)cccc1C. The van der Waals surface area contributed by atoms with Gasteiger partial charge < -0.3 is 9.47 Å². The number of ether oxygens (including phenoxy) is 2. The monoisotopic (exact) mass is 552 g/mol. The molecule has 0 amide bonds. The first kappa shape index (κ1) is 34.2.